The molecule has 1 aromatic rings. The fourth-order valence-corrected chi connectivity index (χ4v) is 1.48. The van der Waals surface area contributed by atoms with Crippen LogP contribution in [0.15, 0.2) is 24.4 Å². The van der Waals surface area contributed by atoms with Crippen molar-refractivity contribution in [3.8, 4) is 17.2 Å². The third-order valence-electron chi connectivity index (χ3n) is 2.61. The molecule has 0 saturated carbocycles. The van der Waals surface area contributed by atoms with Gasteiger partial charge >= 0.3 is 0 Å². The fraction of sp³-hybridized carbons (Fsp3) is 0.385. The van der Waals surface area contributed by atoms with E-state index in [2.05, 4.69) is 6.58 Å². The van der Waals surface area contributed by atoms with Crippen LogP contribution in [-0.4, -0.2) is 28.4 Å². The highest BCUT2D eigenvalue weighted by Gasteiger charge is 2.15. The molecule has 0 aliphatic carbocycles. The number of hydrogen-bond acceptors (Lipinski definition) is 4. The van der Waals surface area contributed by atoms with Gasteiger partial charge in [-0.3, -0.25) is 0 Å². The second-order valence-corrected chi connectivity index (χ2v) is 3.68. The summed E-state index contributed by atoms with van der Waals surface area (Å²) in [7, 11) is 6.72. The number of rotatable bonds is 5. The Morgan fingerprint density at radius 2 is 1.53 bits per heavy atom. The van der Waals surface area contributed by atoms with Crippen LogP contribution in [0.4, 0.5) is 5.69 Å². The van der Waals surface area contributed by atoms with Crippen LogP contribution in [0.3, 0.4) is 0 Å². The molecule has 94 valence electrons. The standard InChI is InChI=1S/C13H19NO3/c1-9(2)14(3)10-7-11(15-4)13(17-6)12(8-10)16-5/h7-8H,1H2,2-6H3. The van der Waals surface area contributed by atoms with Crippen LogP contribution in [0.5, 0.6) is 17.2 Å². The maximum absolute atomic E-state index is 5.29. The Morgan fingerprint density at radius 1 is 1.06 bits per heavy atom. The number of anilines is 1. The average Bonchev–Trinajstić information content (AvgIpc) is 2.35. The van der Waals surface area contributed by atoms with Crippen LogP contribution >= 0.6 is 0 Å². The van der Waals surface area contributed by atoms with E-state index in [0.29, 0.717) is 17.2 Å². The third-order valence-corrected chi connectivity index (χ3v) is 2.61. The lowest BCUT2D eigenvalue weighted by atomic mass is 10.2. The largest absolute Gasteiger partial charge is 0.493 e. The van der Waals surface area contributed by atoms with Gasteiger partial charge in [-0.2, -0.15) is 0 Å². The molecule has 0 unspecified atom stereocenters. The summed E-state index contributed by atoms with van der Waals surface area (Å²) in [6.07, 6.45) is 0. The molecule has 0 saturated heterocycles. The number of nitrogens with zero attached hydrogens (tertiary/aromatic N) is 1. The Kier molecular flexibility index (Phi) is 4.26. The lowest BCUT2D eigenvalue weighted by Gasteiger charge is -2.22. The minimum Gasteiger partial charge on any atom is -0.493 e. The Morgan fingerprint density at radius 3 is 1.82 bits per heavy atom. The molecule has 0 N–H and O–H groups in total. The first-order chi connectivity index (χ1) is 8.04. The Balaban J connectivity index is 3.31. The molecule has 0 spiro atoms. The number of benzene rings is 1. The maximum atomic E-state index is 5.29. The molecule has 0 aromatic heterocycles. The number of methoxy groups -OCH3 is 3. The molecule has 0 radical (unpaired) electrons. The summed E-state index contributed by atoms with van der Waals surface area (Å²) < 4.78 is 15.8. The Bertz CT molecular complexity index is 390. The molecule has 0 aliphatic rings. The van der Waals surface area contributed by atoms with E-state index in [9.17, 15) is 0 Å². The molecule has 4 nitrogen and oxygen atoms in total. The lowest BCUT2D eigenvalue weighted by Crippen LogP contribution is -2.13. The summed E-state index contributed by atoms with van der Waals surface area (Å²) in [5.41, 5.74) is 1.87. The summed E-state index contributed by atoms with van der Waals surface area (Å²) in [4.78, 5) is 1.95. The van der Waals surface area contributed by atoms with Crippen LogP contribution in [0.2, 0.25) is 0 Å². The normalized spacial score (nSPS) is 9.71. The lowest BCUT2D eigenvalue weighted by molar-refractivity contribution is 0.324. The molecular weight excluding hydrogens is 218 g/mol. The molecule has 0 aliphatic heterocycles. The van der Waals surface area contributed by atoms with Crippen molar-refractivity contribution >= 4 is 5.69 Å². The van der Waals surface area contributed by atoms with Crippen molar-refractivity contribution in [3.05, 3.63) is 24.4 Å². The minimum absolute atomic E-state index is 0.592. The van der Waals surface area contributed by atoms with Gasteiger partial charge in [0.1, 0.15) is 0 Å². The average molecular weight is 237 g/mol. The molecule has 17 heavy (non-hydrogen) atoms. The topological polar surface area (TPSA) is 30.9 Å². The molecule has 0 heterocycles. The van der Waals surface area contributed by atoms with E-state index >= 15 is 0 Å². The first kappa shape index (κ1) is 13.2. The maximum Gasteiger partial charge on any atom is 0.203 e. The van der Waals surface area contributed by atoms with Gasteiger partial charge in [-0.05, 0) is 6.92 Å². The van der Waals surface area contributed by atoms with Crippen LogP contribution in [-0.2, 0) is 0 Å². The van der Waals surface area contributed by atoms with Gasteiger partial charge in [-0.25, -0.2) is 0 Å². The zero-order valence-electron chi connectivity index (χ0n) is 11.0. The third kappa shape index (κ3) is 2.64. The monoisotopic (exact) mass is 237 g/mol. The highest BCUT2D eigenvalue weighted by Crippen LogP contribution is 2.41. The van der Waals surface area contributed by atoms with Crippen molar-refractivity contribution in [2.45, 2.75) is 6.92 Å². The highest BCUT2D eigenvalue weighted by atomic mass is 16.5. The van der Waals surface area contributed by atoms with Gasteiger partial charge in [0.15, 0.2) is 11.5 Å². The predicted octanol–water partition coefficient (Wildman–Crippen LogP) is 2.68. The van der Waals surface area contributed by atoms with E-state index in [1.54, 1.807) is 21.3 Å². The van der Waals surface area contributed by atoms with E-state index in [1.807, 2.05) is 31.0 Å². The number of hydrogen-bond donors (Lipinski definition) is 0. The SMILES string of the molecule is C=C(C)N(C)c1cc(OC)c(OC)c(OC)c1. The zero-order chi connectivity index (χ0) is 13.0. The molecule has 0 fully saturated rings. The van der Waals surface area contributed by atoms with E-state index < -0.39 is 0 Å². The van der Waals surface area contributed by atoms with Crippen molar-refractivity contribution in [3.63, 3.8) is 0 Å². The summed E-state index contributed by atoms with van der Waals surface area (Å²) in [6.45, 7) is 5.83. The van der Waals surface area contributed by atoms with Gasteiger partial charge in [0.25, 0.3) is 0 Å². The van der Waals surface area contributed by atoms with Gasteiger partial charge < -0.3 is 19.1 Å². The van der Waals surface area contributed by atoms with Crippen LogP contribution in [0.25, 0.3) is 0 Å². The van der Waals surface area contributed by atoms with Gasteiger partial charge in [0.05, 0.1) is 21.3 Å². The fourth-order valence-electron chi connectivity index (χ4n) is 1.48. The Hall–Kier alpha value is -1.84. The van der Waals surface area contributed by atoms with Crippen molar-refractivity contribution in [2.24, 2.45) is 0 Å². The van der Waals surface area contributed by atoms with Crippen molar-refractivity contribution < 1.29 is 14.2 Å². The van der Waals surface area contributed by atoms with Crippen molar-refractivity contribution in [1.29, 1.82) is 0 Å². The quantitative estimate of drug-likeness (QED) is 0.787. The Labute approximate surface area is 102 Å². The van der Waals surface area contributed by atoms with Crippen molar-refractivity contribution in [2.75, 3.05) is 33.3 Å². The first-order valence-corrected chi connectivity index (χ1v) is 5.24. The van der Waals surface area contributed by atoms with Crippen molar-refractivity contribution in [1.82, 2.24) is 0 Å². The van der Waals surface area contributed by atoms with Crippen LogP contribution < -0.4 is 19.1 Å². The smallest absolute Gasteiger partial charge is 0.203 e. The zero-order valence-corrected chi connectivity index (χ0v) is 11.0. The minimum atomic E-state index is 0.592. The number of allylic oxidation sites excluding steroid dienone is 1. The van der Waals surface area contributed by atoms with E-state index in [4.69, 9.17) is 14.2 Å². The van der Waals surface area contributed by atoms with Crippen LogP contribution in [0, 0.1) is 0 Å². The van der Waals surface area contributed by atoms with E-state index in [0.717, 1.165) is 11.4 Å². The van der Waals surface area contributed by atoms with Gasteiger partial charge in [-0.1, -0.05) is 6.58 Å². The molecule has 0 atom stereocenters. The second-order valence-electron chi connectivity index (χ2n) is 3.68. The molecular formula is C13H19NO3. The molecule has 0 amide bonds. The second kappa shape index (κ2) is 5.48. The van der Waals surface area contributed by atoms with E-state index in [-0.39, 0.29) is 0 Å². The number of ether oxygens (including phenoxy) is 3. The summed E-state index contributed by atoms with van der Waals surface area (Å²) in [5, 5.41) is 0. The van der Waals surface area contributed by atoms with Crippen LogP contribution in [0.1, 0.15) is 6.92 Å². The summed E-state index contributed by atoms with van der Waals surface area (Å²) >= 11 is 0. The highest BCUT2D eigenvalue weighted by molar-refractivity contribution is 5.64. The van der Waals surface area contributed by atoms with Gasteiger partial charge in [0.2, 0.25) is 5.75 Å². The molecule has 1 rings (SSSR count). The van der Waals surface area contributed by atoms with Gasteiger partial charge in [0, 0.05) is 30.6 Å². The predicted molar refractivity (Wildman–Crippen MR) is 69.3 cm³/mol. The summed E-state index contributed by atoms with van der Waals surface area (Å²) in [6, 6.07) is 3.77. The molecule has 0 bridgehead atoms. The van der Waals surface area contributed by atoms with Gasteiger partial charge in [-0.15, -0.1) is 0 Å². The summed E-state index contributed by atoms with van der Waals surface area (Å²) in [5.74, 6) is 1.86. The molecule has 4 heteroatoms. The molecule has 1 aromatic carbocycles. The first-order valence-electron chi connectivity index (χ1n) is 5.24. The van der Waals surface area contributed by atoms with E-state index in [1.165, 1.54) is 0 Å².